The number of carbonyl (C=O) groups excluding carboxylic acids is 1. The van der Waals surface area contributed by atoms with Crippen LogP contribution in [0.4, 0.5) is 0 Å². The van der Waals surface area contributed by atoms with E-state index in [1.165, 1.54) is 5.56 Å². The largest absolute Gasteiger partial charge is 0.497 e. The summed E-state index contributed by atoms with van der Waals surface area (Å²) in [6.07, 6.45) is 0.0246. The molecule has 2 rings (SSSR count). The fourth-order valence-electron chi connectivity index (χ4n) is 2.05. The highest BCUT2D eigenvalue weighted by molar-refractivity contribution is 5.72. The molecule has 0 radical (unpaired) electrons. The van der Waals surface area contributed by atoms with Crippen molar-refractivity contribution in [1.29, 1.82) is 0 Å². The highest BCUT2D eigenvalue weighted by Gasteiger charge is 2.12. The van der Waals surface area contributed by atoms with Gasteiger partial charge in [0, 0.05) is 0 Å². The van der Waals surface area contributed by atoms with Crippen LogP contribution in [0.25, 0.3) is 0 Å². The van der Waals surface area contributed by atoms with Gasteiger partial charge in [0.1, 0.15) is 11.9 Å². The number of rotatable bonds is 5. The summed E-state index contributed by atoms with van der Waals surface area (Å²) in [4.78, 5) is 12.0. The smallest absolute Gasteiger partial charge is 0.310 e. The Morgan fingerprint density at radius 2 is 1.67 bits per heavy atom. The molecule has 110 valence electrons. The Morgan fingerprint density at radius 3 is 2.24 bits per heavy atom. The minimum atomic E-state index is -0.239. The number of esters is 1. The Kier molecular flexibility index (Phi) is 4.99. The molecule has 0 aliphatic rings. The van der Waals surface area contributed by atoms with Crippen LogP contribution in [-0.2, 0) is 16.0 Å². The lowest BCUT2D eigenvalue weighted by Crippen LogP contribution is -2.11. The van der Waals surface area contributed by atoms with Crippen molar-refractivity contribution in [2.75, 3.05) is 7.11 Å². The third-order valence-electron chi connectivity index (χ3n) is 3.36. The summed E-state index contributed by atoms with van der Waals surface area (Å²) >= 11 is 0. The number of carbonyl (C=O) groups is 1. The molecule has 0 bridgehead atoms. The molecular weight excluding hydrogens is 264 g/mol. The molecule has 0 aliphatic carbocycles. The standard InChI is InChI=1S/C18H20O3/c1-13-4-8-16(9-5-13)14(2)21-18(19)12-15-6-10-17(20-3)11-7-15/h4-11,14H,12H2,1-3H3. The van der Waals surface area contributed by atoms with Crippen LogP contribution in [0, 0.1) is 6.92 Å². The molecule has 0 saturated heterocycles. The summed E-state index contributed by atoms with van der Waals surface area (Å²) in [5.74, 6) is 0.549. The second-order valence-corrected chi connectivity index (χ2v) is 5.07. The van der Waals surface area contributed by atoms with Gasteiger partial charge in [0.15, 0.2) is 0 Å². The van der Waals surface area contributed by atoms with Crippen LogP contribution in [0.2, 0.25) is 0 Å². The van der Waals surface area contributed by atoms with Gasteiger partial charge in [-0.3, -0.25) is 4.79 Å². The maximum Gasteiger partial charge on any atom is 0.310 e. The summed E-state index contributed by atoms with van der Waals surface area (Å²) in [5, 5.41) is 0. The zero-order chi connectivity index (χ0) is 15.2. The maximum atomic E-state index is 12.0. The van der Waals surface area contributed by atoms with Crippen molar-refractivity contribution in [3.63, 3.8) is 0 Å². The van der Waals surface area contributed by atoms with Crippen LogP contribution in [-0.4, -0.2) is 13.1 Å². The van der Waals surface area contributed by atoms with Crippen molar-refractivity contribution in [2.24, 2.45) is 0 Å². The van der Waals surface area contributed by atoms with Gasteiger partial charge in [-0.25, -0.2) is 0 Å². The number of methoxy groups -OCH3 is 1. The summed E-state index contributed by atoms with van der Waals surface area (Å²) in [5.41, 5.74) is 3.11. The van der Waals surface area contributed by atoms with Crippen molar-refractivity contribution in [2.45, 2.75) is 26.4 Å². The zero-order valence-corrected chi connectivity index (χ0v) is 12.6. The van der Waals surface area contributed by atoms with Crippen LogP contribution in [0.5, 0.6) is 5.75 Å². The van der Waals surface area contributed by atoms with Gasteiger partial charge in [-0.2, -0.15) is 0 Å². The van der Waals surface area contributed by atoms with Gasteiger partial charge >= 0.3 is 5.97 Å². The second kappa shape index (κ2) is 6.93. The van der Waals surface area contributed by atoms with Gasteiger partial charge in [-0.15, -0.1) is 0 Å². The van der Waals surface area contributed by atoms with Gasteiger partial charge in [0.05, 0.1) is 13.5 Å². The van der Waals surface area contributed by atoms with Crippen LogP contribution in [0.1, 0.15) is 29.7 Å². The summed E-state index contributed by atoms with van der Waals surface area (Å²) < 4.78 is 10.6. The quantitative estimate of drug-likeness (QED) is 0.782. The topological polar surface area (TPSA) is 35.5 Å². The average molecular weight is 284 g/mol. The molecular formula is C18H20O3. The molecule has 3 nitrogen and oxygen atoms in total. The first kappa shape index (κ1) is 15.1. The molecule has 2 aromatic rings. The SMILES string of the molecule is COc1ccc(CC(=O)OC(C)c2ccc(C)cc2)cc1. The van der Waals surface area contributed by atoms with Gasteiger partial charge < -0.3 is 9.47 Å². The first-order chi connectivity index (χ1) is 10.1. The van der Waals surface area contributed by atoms with Crippen molar-refractivity contribution < 1.29 is 14.3 Å². The molecule has 0 fully saturated rings. The number of hydrogen-bond donors (Lipinski definition) is 0. The van der Waals surface area contributed by atoms with E-state index in [2.05, 4.69) is 0 Å². The minimum Gasteiger partial charge on any atom is -0.497 e. The lowest BCUT2D eigenvalue weighted by Gasteiger charge is -2.14. The zero-order valence-electron chi connectivity index (χ0n) is 12.6. The Balaban J connectivity index is 1.92. The summed E-state index contributed by atoms with van der Waals surface area (Å²) in [7, 11) is 1.62. The molecule has 0 N–H and O–H groups in total. The lowest BCUT2D eigenvalue weighted by molar-refractivity contribution is -0.147. The second-order valence-electron chi connectivity index (χ2n) is 5.07. The van der Waals surface area contributed by atoms with E-state index in [0.29, 0.717) is 0 Å². The molecule has 0 aromatic heterocycles. The number of aryl methyl sites for hydroxylation is 1. The third-order valence-corrected chi connectivity index (χ3v) is 3.36. The monoisotopic (exact) mass is 284 g/mol. The molecule has 0 heterocycles. The Labute approximate surface area is 125 Å². The van der Waals surface area contributed by atoms with Gasteiger partial charge in [0.25, 0.3) is 0 Å². The van der Waals surface area contributed by atoms with Crippen molar-refractivity contribution in [3.05, 3.63) is 65.2 Å². The summed E-state index contributed by atoms with van der Waals surface area (Å²) in [6.45, 7) is 3.92. The van der Waals surface area contributed by atoms with E-state index in [-0.39, 0.29) is 18.5 Å². The van der Waals surface area contributed by atoms with Crippen LogP contribution in [0.3, 0.4) is 0 Å². The van der Waals surface area contributed by atoms with E-state index in [4.69, 9.17) is 9.47 Å². The molecule has 0 spiro atoms. The Bertz CT molecular complexity index is 585. The van der Waals surface area contributed by atoms with Crippen molar-refractivity contribution in [3.8, 4) is 5.75 Å². The highest BCUT2D eigenvalue weighted by Crippen LogP contribution is 2.18. The van der Waals surface area contributed by atoms with Crippen molar-refractivity contribution >= 4 is 5.97 Å². The molecule has 2 aromatic carbocycles. The van der Waals surface area contributed by atoms with Crippen LogP contribution >= 0.6 is 0 Å². The van der Waals surface area contributed by atoms with Gasteiger partial charge in [-0.1, -0.05) is 42.0 Å². The summed E-state index contributed by atoms with van der Waals surface area (Å²) in [6, 6.07) is 15.4. The number of hydrogen-bond acceptors (Lipinski definition) is 3. The minimum absolute atomic E-state index is 0.228. The fourth-order valence-corrected chi connectivity index (χ4v) is 2.05. The molecule has 0 amide bonds. The first-order valence-corrected chi connectivity index (χ1v) is 6.97. The van der Waals surface area contributed by atoms with Crippen molar-refractivity contribution in [1.82, 2.24) is 0 Å². The van der Waals surface area contributed by atoms with E-state index >= 15 is 0 Å². The van der Waals surface area contributed by atoms with E-state index in [0.717, 1.165) is 16.9 Å². The third kappa shape index (κ3) is 4.35. The predicted octanol–water partition coefficient (Wildman–Crippen LogP) is 3.85. The van der Waals surface area contributed by atoms with Crippen LogP contribution < -0.4 is 4.74 Å². The van der Waals surface area contributed by atoms with Crippen LogP contribution in [0.15, 0.2) is 48.5 Å². The predicted molar refractivity (Wildman–Crippen MR) is 82.4 cm³/mol. The van der Waals surface area contributed by atoms with E-state index < -0.39 is 0 Å². The van der Waals surface area contributed by atoms with Gasteiger partial charge in [-0.05, 0) is 37.1 Å². The Morgan fingerprint density at radius 1 is 1.05 bits per heavy atom. The molecule has 1 unspecified atom stereocenters. The molecule has 1 atom stereocenters. The van der Waals surface area contributed by atoms with E-state index in [1.807, 2.05) is 62.4 Å². The lowest BCUT2D eigenvalue weighted by atomic mass is 10.1. The molecule has 0 saturated carbocycles. The highest BCUT2D eigenvalue weighted by atomic mass is 16.5. The molecule has 21 heavy (non-hydrogen) atoms. The maximum absolute atomic E-state index is 12.0. The van der Waals surface area contributed by atoms with Gasteiger partial charge in [0.2, 0.25) is 0 Å². The van der Waals surface area contributed by atoms with E-state index in [1.54, 1.807) is 7.11 Å². The number of benzene rings is 2. The Hall–Kier alpha value is -2.29. The number of ether oxygens (including phenoxy) is 2. The molecule has 3 heteroatoms. The van der Waals surface area contributed by atoms with E-state index in [9.17, 15) is 4.79 Å². The fraction of sp³-hybridized carbons (Fsp3) is 0.278. The average Bonchev–Trinajstić information content (AvgIpc) is 2.48. The normalized spacial score (nSPS) is 11.8. The first-order valence-electron chi connectivity index (χ1n) is 6.97. The molecule has 0 aliphatic heterocycles.